The number of ketones is 2. The van der Waals surface area contributed by atoms with Crippen LogP contribution in [0.5, 0.6) is 11.5 Å². The monoisotopic (exact) mass is 881 g/mol. The molecule has 5 atom stereocenters. The first-order chi connectivity index (χ1) is 29.9. The van der Waals surface area contributed by atoms with Gasteiger partial charge in [0.2, 0.25) is 11.8 Å². The van der Waals surface area contributed by atoms with Gasteiger partial charge in [0.25, 0.3) is 0 Å². The molecule has 63 heavy (non-hydrogen) atoms. The molecule has 1 aliphatic rings. The number of likely N-dealkylation sites (N-methyl/N-ethyl adjacent to an activating group) is 1. The van der Waals surface area contributed by atoms with Gasteiger partial charge in [-0.1, -0.05) is 73.5 Å². The molecule has 5 rings (SSSR count). The van der Waals surface area contributed by atoms with Gasteiger partial charge in [0.15, 0.2) is 11.6 Å². The Morgan fingerprint density at radius 2 is 1.48 bits per heavy atom. The van der Waals surface area contributed by atoms with E-state index in [2.05, 4.69) is 10.6 Å². The minimum atomic E-state index is -1.16. The molecule has 3 N–H and O–H groups in total. The summed E-state index contributed by atoms with van der Waals surface area (Å²) in [6.07, 6.45) is -0.227. The molecule has 0 saturated heterocycles. The number of fused-ring (bicyclic) bond motifs is 5. The minimum Gasteiger partial charge on any atom is -0.496 e. The maximum Gasteiger partial charge on any atom is 0.407 e. The molecular formula is C50H60ClN3O9. The fourth-order valence-electron chi connectivity index (χ4n) is 7.83. The van der Waals surface area contributed by atoms with E-state index in [1.807, 2.05) is 36.4 Å². The Morgan fingerprint density at radius 3 is 2.08 bits per heavy atom. The third kappa shape index (κ3) is 12.9. The highest BCUT2D eigenvalue weighted by Crippen LogP contribution is 2.40. The molecule has 336 valence electrons. The molecule has 1 aliphatic heterocycles. The van der Waals surface area contributed by atoms with Crippen LogP contribution in [0, 0.1) is 11.8 Å². The Balaban J connectivity index is 1.51. The number of carbonyl (C=O) groups excluding carboxylic acids is 5. The van der Waals surface area contributed by atoms with Crippen LogP contribution in [0.4, 0.5) is 4.79 Å². The minimum absolute atomic E-state index is 0.138. The molecule has 13 heteroatoms. The van der Waals surface area contributed by atoms with Gasteiger partial charge >= 0.3 is 6.09 Å². The van der Waals surface area contributed by atoms with Gasteiger partial charge in [-0.25, -0.2) is 4.79 Å². The number of nitrogens with zero attached hydrogens (tertiary/aromatic N) is 1. The molecule has 12 nitrogen and oxygen atoms in total. The highest BCUT2D eigenvalue weighted by Gasteiger charge is 2.36. The van der Waals surface area contributed by atoms with Crippen molar-refractivity contribution in [1.82, 2.24) is 15.5 Å². The SMILES string of the molecule is COc1ccc2cc1-c1cc(ccc1OC)[C@H](N(C)C(=O)[C@H](CCCCNC(=O)OC(C)(C)C)CC(=O)c1ccc(-c3ccc(Cl)cc3)cc1)C(=O)C[C@@H](C)C(=O)N[C@H](C(C)O)C2. The Morgan fingerprint density at radius 1 is 0.873 bits per heavy atom. The summed E-state index contributed by atoms with van der Waals surface area (Å²) in [6.45, 7) is 8.88. The summed E-state index contributed by atoms with van der Waals surface area (Å²) in [7, 11) is 4.65. The number of benzene rings is 4. The predicted octanol–water partition coefficient (Wildman–Crippen LogP) is 8.79. The van der Waals surface area contributed by atoms with Crippen LogP contribution in [-0.4, -0.2) is 85.0 Å². The standard InChI is InChI=1S/C50H60ClN3O9/c1-30-25-43(57)46(36-19-23-45(62-8)40(28-36)39-26-32(12-22-44(39)61-7)27-41(31(2)55)53-47(30)58)54(6)48(59)37(11-9-10-24-52-49(60)63-50(3,4)5)29-42(56)35-15-13-33(14-16-35)34-17-20-38(51)21-18-34/h12-23,26,28,30-31,37,41,46,55H,9-11,24-25,27,29H2,1-8H3,(H,52,60)(H,53,58)/t30-,31?,37-,41+,46+/m1/s1. The number of carbonyl (C=O) groups is 5. The predicted molar refractivity (Wildman–Crippen MR) is 244 cm³/mol. The second-order valence-corrected chi connectivity index (χ2v) is 17.7. The summed E-state index contributed by atoms with van der Waals surface area (Å²) in [6, 6.07) is 23.6. The third-order valence-electron chi connectivity index (χ3n) is 11.3. The molecule has 1 heterocycles. The number of amides is 3. The van der Waals surface area contributed by atoms with Gasteiger partial charge in [-0.3, -0.25) is 19.2 Å². The average Bonchev–Trinajstić information content (AvgIpc) is 3.24. The first-order valence-corrected chi connectivity index (χ1v) is 21.8. The van der Waals surface area contributed by atoms with Crippen LogP contribution >= 0.6 is 11.6 Å². The third-order valence-corrected chi connectivity index (χ3v) is 11.5. The fourth-order valence-corrected chi connectivity index (χ4v) is 7.96. The van der Waals surface area contributed by atoms with Gasteiger partial charge in [0, 0.05) is 60.0 Å². The number of hydrogen-bond donors (Lipinski definition) is 3. The number of aliphatic hydroxyl groups excluding tert-OH is 1. The summed E-state index contributed by atoms with van der Waals surface area (Å²) >= 11 is 6.09. The molecule has 3 amide bonds. The van der Waals surface area contributed by atoms with Crippen LogP contribution in [0.25, 0.3) is 22.3 Å². The number of Topliss-reactive ketones (excluding diaryl/α,β-unsaturated/α-hetero) is 2. The van der Waals surface area contributed by atoms with Crippen molar-refractivity contribution >= 4 is 41.1 Å². The Hall–Kier alpha value is -5.72. The van der Waals surface area contributed by atoms with E-state index in [1.165, 1.54) is 4.90 Å². The molecule has 0 spiro atoms. The lowest BCUT2D eigenvalue weighted by Gasteiger charge is -2.32. The molecule has 0 aliphatic carbocycles. The topological polar surface area (TPSA) is 161 Å². The van der Waals surface area contributed by atoms with Gasteiger partial charge in [0.05, 0.1) is 26.4 Å². The second-order valence-electron chi connectivity index (χ2n) is 17.3. The largest absolute Gasteiger partial charge is 0.496 e. The van der Waals surface area contributed by atoms with Crippen molar-refractivity contribution in [1.29, 1.82) is 0 Å². The molecule has 0 saturated carbocycles. The van der Waals surface area contributed by atoms with E-state index in [1.54, 1.807) is 104 Å². The van der Waals surface area contributed by atoms with Gasteiger partial charge in [0.1, 0.15) is 23.1 Å². The van der Waals surface area contributed by atoms with E-state index in [4.69, 9.17) is 25.8 Å². The average molecular weight is 882 g/mol. The number of rotatable bonds is 14. The van der Waals surface area contributed by atoms with E-state index in [9.17, 15) is 29.1 Å². The van der Waals surface area contributed by atoms with Crippen molar-refractivity contribution in [2.45, 2.75) is 96.9 Å². The van der Waals surface area contributed by atoms with Crippen LogP contribution in [0.3, 0.4) is 0 Å². The van der Waals surface area contributed by atoms with E-state index in [-0.39, 0.29) is 30.8 Å². The smallest absolute Gasteiger partial charge is 0.407 e. The lowest BCUT2D eigenvalue weighted by atomic mass is 9.87. The molecule has 4 aromatic carbocycles. The number of aliphatic hydroxyl groups is 1. The maximum atomic E-state index is 14.9. The summed E-state index contributed by atoms with van der Waals surface area (Å²) in [5.41, 5.74) is 4.17. The number of unbranched alkanes of at least 4 members (excludes halogenated alkanes) is 1. The summed E-state index contributed by atoms with van der Waals surface area (Å²) in [5.74, 6) is -2.09. The van der Waals surface area contributed by atoms with Gasteiger partial charge in [-0.15, -0.1) is 0 Å². The fraction of sp³-hybridized carbons (Fsp3) is 0.420. The van der Waals surface area contributed by atoms with Gasteiger partial charge in [-0.2, -0.15) is 0 Å². The lowest BCUT2D eigenvalue weighted by Crippen LogP contribution is -2.46. The van der Waals surface area contributed by atoms with Crippen molar-refractivity contribution in [2.24, 2.45) is 11.8 Å². The van der Waals surface area contributed by atoms with E-state index >= 15 is 0 Å². The van der Waals surface area contributed by atoms with Crippen LogP contribution in [-0.2, 0) is 25.5 Å². The van der Waals surface area contributed by atoms with Crippen LogP contribution in [0.1, 0.15) is 94.2 Å². The molecule has 1 unspecified atom stereocenters. The molecule has 4 bridgehead atoms. The Labute approximate surface area is 375 Å². The first-order valence-electron chi connectivity index (χ1n) is 21.4. The van der Waals surface area contributed by atoms with Crippen molar-refractivity contribution < 1.29 is 43.3 Å². The van der Waals surface area contributed by atoms with E-state index in [0.29, 0.717) is 64.6 Å². The summed E-state index contributed by atoms with van der Waals surface area (Å²) < 4.78 is 17.0. The number of hydrogen-bond acceptors (Lipinski definition) is 9. The summed E-state index contributed by atoms with van der Waals surface area (Å²) in [4.78, 5) is 71.0. The maximum absolute atomic E-state index is 14.9. The van der Waals surface area contributed by atoms with E-state index in [0.717, 1.165) is 16.7 Å². The zero-order valence-electron chi connectivity index (χ0n) is 37.5. The van der Waals surface area contributed by atoms with Crippen molar-refractivity contribution in [3.8, 4) is 33.8 Å². The van der Waals surface area contributed by atoms with Gasteiger partial charge in [-0.05, 0) is 106 Å². The molecule has 4 aromatic rings. The molecular weight excluding hydrogens is 822 g/mol. The first kappa shape index (κ1) is 48.3. The van der Waals surface area contributed by atoms with Crippen LogP contribution in [0.2, 0.25) is 5.02 Å². The normalized spacial score (nSPS) is 17.7. The van der Waals surface area contributed by atoms with E-state index < -0.39 is 53.5 Å². The molecule has 0 aromatic heterocycles. The Kier molecular flexibility index (Phi) is 16.5. The number of nitrogens with one attached hydrogen (secondary N) is 2. The van der Waals surface area contributed by atoms with Crippen molar-refractivity contribution in [3.05, 3.63) is 107 Å². The molecule has 0 radical (unpaired) electrons. The zero-order valence-corrected chi connectivity index (χ0v) is 38.2. The lowest BCUT2D eigenvalue weighted by molar-refractivity contribution is -0.142. The zero-order chi connectivity index (χ0) is 46.0. The number of halogens is 1. The van der Waals surface area contributed by atoms with Crippen LogP contribution in [0.15, 0.2) is 84.9 Å². The highest BCUT2D eigenvalue weighted by molar-refractivity contribution is 6.30. The number of alkyl carbamates (subject to hydrolysis) is 1. The van der Waals surface area contributed by atoms with Crippen molar-refractivity contribution in [2.75, 3.05) is 27.8 Å². The van der Waals surface area contributed by atoms with Crippen molar-refractivity contribution in [3.63, 3.8) is 0 Å². The quantitative estimate of drug-likeness (QED) is 0.0831. The second kappa shape index (κ2) is 21.6. The number of methoxy groups -OCH3 is 2. The van der Waals surface area contributed by atoms with Crippen LogP contribution < -0.4 is 20.1 Å². The van der Waals surface area contributed by atoms with Gasteiger partial charge < -0.3 is 34.9 Å². The number of ether oxygens (including phenoxy) is 3. The molecule has 0 fully saturated rings. The Bertz CT molecular complexity index is 2250. The highest BCUT2D eigenvalue weighted by atomic mass is 35.5. The summed E-state index contributed by atoms with van der Waals surface area (Å²) in [5, 5.41) is 17.0.